The second kappa shape index (κ2) is 9.50. The Bertz CT molecular complexity index is 1370. The monoisotopic (exact) mass is 448 g/mol. The molecule has 2 heterocycles. The number of nitrogens with zero attached hydrogens (tertiary/aromatic N) is 2. The second-order valence-corrected chi connectivity index (χ2v) is 7.61. The first kappa shape index (κ1) is 21.3. The summed E-state index contributed by atoms with van der Waals surface area (Å²) in [5.74, 6) is 3.32. The van der Waals surface area contributed by atoms with E-state index in [9.17, 15) is 0 Å². The van der Waals surface area contributed by atoms with Gasteiger partial charge in [-0.25, -0.2) is 9.97 Å². The van der Waals surface area contributed by atoms with Crippen LogP contribution in [-0.2, 0) is 0 Å². The van der Waals surface area contributed by atoms with E-state index in [0.717, 1.165) is 56.3 Å². The first-order valence-corrected chi connectivity index (χ1v) is 10.9. The number of H-pyrrole nitrogens is 2. The van der Waals surface area contributed by atoms with Gasteiger partial charge in [-0.05, 0) is 48.5 Å². The maximum Gasteiger partial charge on any atom is 0.142 e. The van der Waals surface area contributed by atoms with Gasteiger partial charge in [0.05, 0.1) is 47.4 Å². The highest BCUT2D eigenvalue weighted by Gasteiger charge is 2.10. The van der Waals surface area contributed by atoms with E-state index in [-0.39, 0.29) is 0 Å². The van der Waals surface area contributed by atoms with Crippen molar-refractivity contribution in [1.29, 1.82) is 0 Å². The van der Waals surface area contributed by atoms with Crippen molar-refractivity contribution < 1.29 is 9.47 Å². The molecule has 0 unspecified atom stereocenters. The number of rotatable bonds is 4. The number of methoxy groups -OCH3 is 2. The molecule has 0 bridgehead atoms. The predicted octanol–water partition coefficient (Wildman–Crippen LogP) is 6.48. The number of fused-ring (bicyclic) bond motifs is 2. The number of aromatic nitrogens is 4. The van der Waals surface area contributed by atoms with Crippen molar-refractivity contribution in [2.45, 2.75) is 0 Å². The standard InChI is InChI=1S/2C14H12N2O/c2*1-17-13-9-5-2-6-10(13)14-15-11-7-3-4-8-12(11)16-14/h2*2-9H,1H3,(H,15,16). The van der Waals surface area contributed by atoms with Crippen LogP contribution in [0, 0.1) is 0 Å². The van der Waals surface area contributed by atoms with Crippen LogP contribution in [-0.4, -0.2) is 34.2 Å². The quantitative estimate of drug-likeness (QED) is 0.324. The Morgan fingerprint density at radius 3 is 1.29 bits per heavy atom. The Labute approximate surface area is 197 Å². The van der Waals surface area contributed by atoms with Crippen LogP contribution in [0.4, 0.5) is 0 Å². The molecule has 0 radical (unpaired) electrons. The lowest BCUT2D eigenvalue weighted by molar-refractivity contribution is 0.416. The highest BCUT2D eigenvalue weighted by atomic mass is 16.5. The topological polar surface area (TPSA) is 75.8 Å². The third-order valence-electron chi connectivity index (χ3n) is 5.50. The minimum absolute atomic E-state index is 0.826. The molecular formula is C28H24N4O2. The van der Waals surface area contributed by atoms with Crippen LogP contribution < -0.4 is 9.47 Å². The van der Waals surface area contributed by atoms with E-state index >= 15 is 0 Å². The summed E-state index contributed by atoms with van der Waals surface area (Å²) in [7, 11) is 3.34. The lowest BCUT2D eigenvalue weighted by atomic mass is 10.2. The van der Waals surface area contributed by atoms with E-state index in [0.29, 0.717) is 0 Å². The summed E-state index contributed by atoms with van der Waals surface area (Å²) < 4.78 is 10.7. The average molecular weight is 449 g/mol. The van der Waals surface area contributed by atoms with Crippen LogP contribution in [0.5, 0.6) is 11.5 Å². The molecule has 6 nitrogen and oxygen atoms in total. The Balaban J connectivity index is 0.000000142. The van der Waals surface area contributed by atoms with E-state index in [1.807, 2.05) is 97.1 Å². The highest BCUT2D eigenvalue weighted by molar-refractivity contribution is 5.81. The molecule has 0 amide bonds. The molecule has 0 saturated heterocycles. The molecule has 6 aromatic rings. The van der Waals surface area contributed by atoms with E-state index in [1.54, 1.807) is 14.2 Å². The van der Waals surface area contributed by atoms with E-state index in [1.165, 1.54) is 0 Å². The van der Waals surface area contributed by atoms with Crippen molar-refractivity contribution in [1.82, 2.24) is 19.9 Å². The molecule has 0 fully saturated rings. The summed E-state index contributed by atoms with van der Waals surface area (Å²) in [6, 6.07) is 31.7. The number of aromatic amines is 2. The molecule has 168 valence electrons. The lowest BCUT2D eigenvalue weighted by Crippen LogP contribution is -1.88. The van der Waals surface area contributed by atoms with Gasteiger partial charge in [-0.3, -0.25) is 0 Å². The fourth-order valence-corrected chi connectivity index (χ4v) is 3.84. The van der Waals surface area contributed by atoms with Gasteiger partial charge in [0.2, 0.25) is 0 Å². The second-order valence-electron chi connectivity index (χ2n) is 7.61. The zero-order valence-corrected chi connectivity index (χ0v) is 18.9. The Morgan fingerprint density at radius 2 is 0.882 bits per heavy atom. The minimum atomic E-state index is 0.826. The lowest BCUT2D eigenvalue weighted by Gasteiger charge is -2.04. The van der Waals surface area contributed by atoms with Crippen LogP contribution in [0.3, 0.4) is 0 Å². The number of hydrogen-bond acceptors (Lipinski definition) is 4. The van der Waals surface area contributed by atoms with Crippen molar-refractivity contribution in [3.63, 3.8) is 0 Å². The van der Waals surface area contributed by atoms with Crippen LogP contribution in [0.2, 0.25) is 0 Å². The molecule has 0 aliphatic heterocycles. The molecule has 0 aliphatic carbocycles. The van der Waals surface area contributed by atoms with E-state index in [4.69, 9.17) is 9.47 Å². The molecule has 0 saturated carbocycles. The molecule has 34 heavy (non-hydrogen) atoms. The highest BCUT2D eigenvalue weighted by Crippen LogP contribution is 2.29. The van der Waals surface area contributed by atoms with Gasteiger partial charge in [0.25, 0.3) is 0 Å². The number of nitrogens with one attached hydrogen (secondary N) is 2. The van der Waals surface area contributed by atoms with E-state index < -0.39 is 0 Å². The summed E-state index contributed by atoms with van der Waals surface area (Å²) in [5, 5.41) is 0. The average Bonchev–Trinajstić information content (AvgIpc) is 3.53. The predicted molar refractivity (Wildman–Crippen MR) is 136 cm³/mol. The van der Waals surface area contributed by atoms with Gasteiger partial charge in [0.1, 0.15) is 23.1 Å². The van der Waals surface area contributed by atoms with Crippen LogP contribution >= 0.6 is 0 Å². The van der Waals surface area contributed by atoms with Crippen molar-refractivity contribution in [3.05, 3.63) is 97.1 Å². The molecule has 6 heteroatoms. The molecule has 4 aromatic carbocycles. The maximum atomic E-state index is 5.34. The van der Waals surface area contributed by atoms with Crippen molar-refractivity contribution >= 4 is 22.1 Å². The fraction of sp³-hybridized carbons (Fsp3) is 0.0714. The largest absolute Gasteiger partial charge is 0.496 e. The molecule has 2 aromatic heterocycles. The molecule has 6 rings (SSSR count). The molecule has 2 N–H and O–H groups in total. The summed E-state index contributed by atoms with van der Waals surface area (Å²) in [5.41, 5.74) is 5.96. The first-order valence-electron chi connectivity index (χ1n) is 10.9. The number of para-hydroxylation sites is 6. The fourth-order valence-electron chi connectivity index (χ4n) is 3.84. The Morgan fingerprint density at radius 1 is 0.500 bits per heavy atom. The summed E-state index contributed by atoms with van der Waals surface area (Å²) in [4.78, 5) is 15.7. The molecule has 0 spiro atoms. The number of benzene rings is 4. The van der Waals surface area contributed by atoms with Crippen molar-refractivity contribution in [3.8, 4) is 34.3 Å². The van der Waals surface area contributed by atoms with Gasteiger partial charge in [0.15, 0.2) is 0 Å². The zero-order valence-electron chi connectivity index (χ0n) is 18.9. The van der Waals surface area contributed by atoms with Gasteiger partial charge < -0.3 is 19.4 Å². The van der Waals surface area contributed by atoms with Gasteiger partial charge in [-0.2, -0.15) is 0 Å². The van der Waals surface area contributed by atoms with Gasteiger partial charge in [-0.1, -0.05) is 48.5 Å². The first-order chi connectivity index (χ1) is 16.8. The third-order valence-corrected chi connectivity index (χ3v) is 5.50. The zero-order chi connectivity index (χ0) is 23.3. The van der Waals surface area contributed by atoms with Gasteiger partial charge in [0, 0.05) is 0 Å². The number of ether oxygens (including phenoxy) is 2. The third kappa shape index (κ3) is 4.21. The van der Waals surface area contributed by atoms with Crippen molar-refractivity contribution in [2.75, 3.05) is 14.2 Å². The molecule has 0 atom stereocenters. The van der Waals surface area contributed by atoms with Gasteiger partial charge in [-0.15, -0.1) is 0 Å². The Kier molecular flexibility index (Phi) is 5.95. The summed E-state index contributed by atoms with van der Waals surface area (Å²) in [6.07, 6.45) is 0. The summed E-state index contributed by atoms with van der Waals surface area (Å²) in [6.45, 7) is 0. The van der Waals surface area contributed by atoms with Crippen LogP contribution in [0.15, 0.2) is 97.1 Å². The molecular weight excluding hydrogens is 424 g/mol. The minimum Gasteiger partial charge on any atom is -0.496 e. The van der Waals surface area contributed by atoms with E-state index in [2.05, 4.69) is 19.9 Å². The normalized spacial score (nSPS) is 10.6. The van der Waals surface area contributed by atoms with Crippen molar-refractivity contribution in [2.24, 2.45) is 0 Å². The number of imidazole rings is 2. The SMILES string of the molecule is COc1ccccc1-c1nc2ccccc2[nH]1.COc1ccccc1-c1nc2ccccc2[nH]1. The van der Waals surface area contributed by atoms with Crippen LogP contribution in [0.1, 0.15) is 0 Å². The van der Waals surface area contributed by atoms with Gasteiger partial charge >= 0.3 is 0 Å². The number of hydrogen-bond donors (Lipinski definition) is 2. The smallest absolute Gasteiger partial charge is 0.142 e. The molecule has 0 aliphatic rings. The summed E-state index contributed by atoms with van der Waals surface area (Å²) >= 11 is 0. The maximum absolute atomic E-state index is 5.34. The van der Waals surface area contributed by atoms with Crippen LogP contribution in [0.25, 0.3) is 44.8 Å². The Hall–Kier alpha value is -4.58.